The number of amides is 1. The minimum atomic E-state index is -1.07. The molecule has 0 aliphatic rings. The smallest absolute Gasteiger partial charge is 0.421 e. The highest BCUT2D eigenvalue weighted by Crippen LogP contribution is 1.85. The monoisotopic (exact) mass is 187 g/mol. The summed E-state index contributed by atoms with van der Waals surface area (Å²) in [7, 11) is 1.50. The highest BCUT2D eigenvalue weighted by atomic mass is 16.5. The third kappa shape index (κ3) is 5.90. The summed E-state index contributed by atoms with van der Waals surface area (Å²) in [4.78, 5) is 10.5. The normalized spacial score (nSPS) is 9.23. The number of ether oxygens (including phenoxy) is 1. The van der Waals surface area contributed by atoms with Crippen LogP contribution in [0.15, 0.2) is 0 Å². The SMILES string of the molecule is COCCN(NCCC#N)C(=O)O. The molecule has 0 saturated carbocycles. The number of hydrogen-bond acceptors (Lipinski definition) is 4. The predicted octanol–water partition coefficient (Wildman–Crippen LogP) is 0.0311. The molecule has 0 aromatic carbocycles. The van der Waals surface area contributed by atoms with Gasteiger partial charge in [0.05, 0.1) is 19.2 Å². The van der Waals surface area contributed by atoms with Crippen LogP contribution in [-0.2, 0) is 4.74 Å². The van der Waals surface area contributed by atoms with E-state index in [-0.39, 0.29) is 13.0 Å². The lowest BCUT2D eigenvalue weighted by Crippen LogP contribution is -2.44. The van der Waals surface area contributed by atoms with Gasteiger partial charge in [-0.05, 0) is 0 Å². The quantitative estimate of drug-likeness (QED) is 0.452. The second-order valence-corrected chi connectivity index (χ2v) is 2.24. The Labute approximate surface area is 76.7 Å². The maximum atomic E-state index is 10.5. The van der Waals surface area contributed by atoms with E-state index in [0.29, 0.717) is 13.2 Å². The predicted molar refractivity (Wildman–Crippen MR) is 44.8 cm³/mol. The number of nitrogens with one attached hydrogen (secondary N) is 1. The lowest BCUT2D eigenvalue weighted by Gasteiger charge is -2.18. The number of carboxylic acid groups (broad SMARTS) is 1. The second kappa shape index (κ2) is 7.34. The Morgan fingerprint density at radius 1 is 1.77 bits per heavy atom. The van der Waals surface area contributed by atoms with Gasteiger partial charge in [0.2, 0.25) is 0 Å². The fourth-order valence-corrected chi connectivity index (χ4v) is 0.672. The number of hydrazine groups is 1. The van der Waals surface area contributed by atoms with Gasteiger partial charge in [0, 0.05) is 20.1 Å². The van der Waals surface area contributed by atoms with E-state index < -0.39 is 6.09 Å². The van der Waals surface area contributed by atoms with Gasteiger partial charge in [-0.1, -0.05) is 0 Å². The highest BCUT2D eigenvalue weighted by Gasteiger charge is 2.09. The van der Waals surface area contributed by atoms with Gasteiger partial charge in [0.25, 0.3) is 0 Å². The first-order valence-corrected chi connectivity index (χ1v) is 3.82. The van der Waals surface area contributed by atoms with Crippen molar-refractivity contribution in [2.75, 3.05) is 26.8 Å². The molecule has 2 N–H and O–H groups in total. The van der Waals surface area contributed by atoms with Crippen LogP contribution in [0.25, 0.3) is 0 Å². The second-order valence-electron chi connectivity index (χ2n) is 2.24. The summed E-state index contributed by atoms with van der Waals surface area (Å²) < 4.78 is 4.72. The molecule has 0 rings (SSSR count). The van der Waals surface area contributed by atoms with E-state index in [1.54, 1.807) is 0 Å². The van der Waals surface area contributed by atoms with E-state index in [1.165, 1.54) is 7.11 Å². The van der Waals surface area contributed by atoms with Crippen molar-refractivity contribution < 1.29 is 14.6 Å². The molecule has 74 valence electrons. The van der Waals surface area contributed by atoms with Crippen LogP contribution in [0.5, 0.6) is 0 Å². The van der Waals surface area contributed by atoms with E-state index in [1.807, 2.05) is 6.07 Å². The number of nitriles is 1. The summed E-state index contributed by atoms with van der Waals surface area (Å²) in [6, 6.07) is 1.90. The lowest BCUT2D eigenvalue weighted by atomic mass is 10.5. The molecule has 0 spiro atoms. The minimum absolute atomic E-state index is 0.247. The molecule has 0 aliphatic carbocycles. The average molecular weight is 187 g/mol. The van der Waals surface area contributed by atoms with Crippen molar-refractivity contribution in [2.24, 2.45) is 0 Å². The van der Waals surface area contributed by atoms with Crippen LogP contribution < -0.4 is 5.43 Å². The zero-order valence-electron chi connectivity index (χ0n) is 7.49. The number of methoxy groups -OCH3 is 1. The van der Waals surface area contributed by atoms with Crippen LogP contribution in [0, 0.1) is 11.3 Å². The summed E-state index contributed by atoms with van der Waals surface area (Å²) in [5.41, 5.74) is 2.59. The summed E-state index contributed by atoms with van der Waals surface area (Å²) >= 11 is 0. The molecule has 0 atom stereocenters. The van der Waals surface area contributed by atoms with Crippen LogP contribution in [0.4, 0.5) is 4.79 Å². The van der Waals surface area contributed by atoms with E-state index in [2.05, 4.69) is 5.43 Å². The van der Waals surface area contributed by atoms with E-state index in [0.717, 1.165) is 5.01 Å². The van der Waals surface area contributed by atoms with Gasteiger partial charge >= 0.3 is 6.09 Å². The summed E-state index contributed by atoms with van der Waals surface area (Å²) in [5, 5.41) is 17.8. The van der Waals surface area contributed by atoms with Gasteiger partial charge in [-0.25, -0.2) is 15.2 Å². The standard InChI is InChI=1S/C7H13N3O3/c1-13-6-5-10(7(11)12)9-4-2-3-8/h9H,2,4-6H2,1H3,(H,11,12). The molecular formula is C7H13N3O3. The van der Waals surface area contributed by atoms with E-state index in [9.17, 15) is 4.79 Å². The van der Waals surface area contributed by atoms with E-state index >= 15 is 0 Å². The molecule has 0 aliphatic heterocycles. The fraction of sp³-hybridized carbons (Fsp3) is 0.714. The number of carbonyl (C=O) groups is 1. The molecule has 0 radical (unpaired) electrons. The van der Waals surface area contributed by atoms with Crippen molar-refractivity contribution in [1.82, 2.24) is 10.4 Å². The third-order valence-electron chi connectivity index (χ3n) is 1.29. The van der Waals surface area contributed by atoms with Crippen molar-refractivity contribution in [3.05, 3.63) is 0 Å². The average Bonchev–Trinajstić information content (AvgIpc) is 2.10. The maximum Gasteiger partial charge on any atom is 0.421 e. The fourth-order valence-electron chi connectivity index (χ4n) is 0.672. The van der Waals surface area contributed by atoms with Crippen molar-refractivity contribution in [3.63, 3.8) is 0 Å². The Hall–Kier alpha value is -1.32. The van der Waals surface area contributed by atoms with Gasteiger partial charge in [0.15, 0.2) is 0 Å². The molecule has 0 unspecified atom stereocenters. The first kappa shape index (κ1) is 11.7. The zero-order chi connectivity index (χ0) is 10.1. The third-order valence-corrected chi connectivity index (χ3v) is 1.29. The van der Waals surface area contributed by atoms with Crippen LogP contribution in [0.1, 0.15) is 6.42 Å². The Balaban J connectivity index is 3.68. The van der Waals surface area contributed by atoms with Crippen molar-refractivity contribution in [3.8, 4) is 6.07 Å². The molecule has 0 aromatic rings. The van der Waals surface area contributed by atoms with Crippen LogP contribution >= 0.6 is 0 Å². The Morgan fingerprint density at radius 3 is 2.92 bits per heavy atom. The van der Waals surface area contributed by atoms with Crippen molar-refractivity contribution >= 4 is 6.09 Å². The van der Waals surface area contributed by atoms with E-state index in [4.69, 9.17) is 15.1 Å². The van der Waals surface area contributed by atoms with Gasteiger partial charge in [-0.15, -0.1) is 0 Å². The molecule has 13 heavy (non-hydrogen) atoms. The largest absolute Gasteiger partial charge is 0.464 e. The topological polar surface area (TPSA) is 85.6 Å². The van der Waals surface area contributed by atoms with Crippen molar-refractivity contribution in [1.29, 1.82) is 5.26 Å². The molecule has 0 fully saturated rings. The molecule has 0 heterocycles. The Bertz CT molecular complexity index is 190. The summed E-state index contributed by atoms with van der Waals surface area (Å²) in [6.07, 6.45) is -0.800. The molecule has 0 saturated heterocycles. The van der Waals surface area contributed by atoms with Gasteiger partial charge < -0.3 is 9.84 Å². The maximum absolute atomic E-state index is 10.5. The first-order valence-electron chi connectivity index (χ1n) is 3.82. The van der Waals surface area contributed by atoms with Crippen LogP contribution in [-0.4, -0.2) is 43.0 Å². The van der Waals surface area contributed by atoms with Gasteiger partial charge in [-0.2, -0.15) is 5.26 Å². The molecule has 0 aromatic heterocycles. The van der Waals surface area contributed by atoms with Gasteiger partial charge in [-0.3, -0.25) is 0 Å². The Kier molecular flexibility index (Phi) is 6.59. The number of hydrogen-bond donors (Lipinski definition) is 2. The molecule has 1 amide bonds. The number of rotatable bonds is 6. The highest BCUT2D eigenvalue weighted by molar-refractivity contribution is 5.64. The Morgan fingerprint density at radius 2 is 2.46 bits per heavy atom. The molecule has 6 nitrogen and oxygen atoms in total. The first-order chi connectivity index (χ1) is 6.22. The van der Waals surface area contributed by atoms with Crippen LogP contribution in [0.3, 0.4) is 0 Å². The minimum Gasteiger partial charge on any atom is -0.464 e. The molecule has 6 heteroatoms. The molecular weight excluding hydrogens is 174 g/mol. The zero-order valence-corrected chi connectivity index (χ0v) is 7.49. The summed E-state index contributed by atoms with van der Waals surface area (Å²) in [6.45, 7) is 0.898. The number of nitrogens with zero attached hydrogens (tertiary/aromatic N) is 2. The summed E-state index contributed by atoms with van der Waals surface area (Å²) in [5.74, 6) is 0. The van der Waals surface area contributed by atoms with Crippen molar-refractivity contribution in [2.45, 2.75) is 6.42 Å². The van der Waals surface area contributed by atoms with Gasteiger partial charge in [0.1, 0.15) is 0 Å². The van der Waals surface area contributed by atoms with Crippen LogP contribution in [0.2, 0.25) is 0 Å². The lowest BCUT2D eigenvalue weighted by molar-refractivity contribution is 0.0942. The molecule has 0 bridgehead atoms.